The Balaban J connectivity index is 1.23. The molecule has 2 saturated heterocycles. The first-order valence-electron chi connectivity index (χ1n) is 11.2. The number of Topliss-reactive ketones (excluding diaryl/α,β-unsaturated/α-hetero) is 2. The molecule has 3 aliphatic rings. The lowest BCUT2D eigenvalue weighted by atomic mass is 9.80. The maximum Gasteiger partial charge on any atom is 0.261 e. The molecule has 3 fully saturated rings. The van der Waals surface area contributed by atoms with Gasteiger partial charge in [0.2, 0.25) is 0 Å². The first-order chi connectivity index (χ1) is 16.0. The molecule has 1 unspecified atom stereocenters. The van der Waals surface area contributed by atoms with Crippen molar-refractivity contribution in [3.05, 3.63) is 35.5 Å². The van der Waals surface area contributed by atoms with Gasteiger partial charge in [-0.15, -0.1) is 22.9 Å². The van der Waals surface area contributed by atoms with Gasteiger partial charge in [-0.05, 0) is 31.0 Å². The van der Waals surface area contributed by atoms with Gasteiger partial charge in [-0.2, -0.15) is 10.2 Å². The molecule has 33 heavy (non-hydrogen) atoms. The molecular formula is C23H25ClN4O4S. The van der Waals surface area contributed by atoms with E-state index in [0.717, 1.165) is 36.1 Å². The van der Waals surface area contributed by atoms with Gasteiger partial charge in [-0.25, -0.2) is 0 Å². The third kappa shape index (κ3) is 4.47. The maximum absolute atomic E-state index is 13.2. The molecule has 1 amide bonds. The van der Waals surface area contributed by atoms with E-state index in [2.05, 4.69) is 20.4 Å². The van der Waals surface area contributed by atoms with Crippen molar-refractivity contribution in [3.8, 4) is 10.4 Å². The number of hydrogen-bond acceptors (Lipinski definition) is 8. The number of carbonyl (C=O) groups excluding carboxylic acids is 3. The molecule has 1 aliphatic carbocycles. The molecule has 174 valence electrons. The summed E-state index contributed by atoms with van der Waals surface area (Å²) in [4.78, 5) is 41.9. The summed E-state index contributed by atoms with van der Waals surface area (Å²) in [5, 5.41) is 10.2. The number of ether oxygens (including phenoxy) is 1. The van der Waals surface area contributed by atoms with Crippen LogP contribution < -0.4 is 5.32 Å². The number of rotatable bonds is 6. The van der Waals surface area contributed by atoms with Crippen molar-refractivity contribution < 1.29 is 19.1 Å². The van der Waals surface area contributed by atoms with Gasteiger partial charge >= 0.3 is 0 Å². The lowest BCUT2D eigenvalue weighted by molar-refractivity contribution is -0.128. The highest BCUT2D eigenvalue weighted by Crippen LogP contribution is 2.38. The minimum atomic E-state index is -0.354. The summed E-state index contributed by atoms with van der Waals surface area (Å²) in [6, 6.07) is 5.05. The van der Waals surface area contributed by atoms with E-state index >= 15 is 0 Å². The van der Waals surface area contributed by atoms with Crippen molar-refractivity contribution in [2.24, 2.45) is 5.92 Å². The number of alkyl halides is 1. The molecule has 4 heterocycles. The van der Waals surface area contributed by atoms with Crippen molar-refractivity contribution >= 4 is 40.4 Å². The number of ketones is 2. The van der Waals surface area contributed by atoms with Gasteiger partial charge in [0, 0.05) is 28.9 Å². The van der Waals surface area contributed by atoms with Gasteiger partial charge in [0.25, 0.3) is 5.91 Å². The van der Waals surface area contributed by atoms with E-state index in [0.29, 0.717) is 11.4 Å². The summed E-state index contributed by atoms with van der Waals surface area (Å²) in [6.07, 6.45) is 6.54. The fraction of sp³-hybridized carbons (Fsp3) is 0.522. The van der Waals surface area contributed by atoms with E-state index < -0.39 is 0 Å². The third-order valence-electron chi connectivity index (χ3n) is 6.85. The number of amides is 1. The van der Waals surface area contributed by atoms with Crippen molar-refractivity contribution in [2.45, 2.75) is 49.2 Å². The molecule has 10 heteroatoms. The van der Waals surface area contributed by atoms with E-state index in [-0.39, 0.29) is 60.1 Å². The topological polar surface area (TPSA) is 101 Å². The first kappa shape index (κ1) is 22.6. The zero-order valence-electron chi connectivity index (χ0n) is 18.0. The Morgan fingerprint density at radius 1 is 1.21 bits per heavy atom. The summed E-state index contributed by atoms with van der Waals surface area (Å²) in [7, 11) is 0. The minimum absolute atomic E-state index is 0.00380. The zero-order chi connectivity index (χ0) is 22.9. The van der Waals surface area contributed by atoms with Crippen molar-refractivity contribution in [3.63, 3.8) is 0 Å². The van der Waals surface area contributed by atoms with Gasteiger partial charge in [0.15, 0.2) is 11.6 Å². The fourth-order valence-corrected chi connectivity index (χ4v) is 6.58. The molecular weight excluding hydrogens is 464 g/mol. The van der Waals surface area contributed by atoms with E-state index in [1.165, 1.54) is 11.3 Å². The predicted octanol–water partition coefficient (Wildman–Crippen LogP) is 2.32. The van der Waals surface area contributed by atoms with E-state index in [9.17, 15) is 14.4 Å². The number of nitrogens with one attached hydrogen (secondary N) is 1. The number of carbonyl (C=O) groups is 3. The second kappa shape index (κ2) is 9.58. The average Bonchev–Trinajstić information content (AvgIpc) is 3.56. The Bertz CT molecular complexity index is 1050. The Labute approximate surface area is 200 Å². The smallest absolute Gasteiger partial charge is 0.261 e. The van der Waals surface area contributed by atoms with Crippen LogP contribution in [-0.2, 0) is 14.3 Å². The highest BCUT2D eigenvalue weighted by molar-refractivity contribution is 7.17. The number of fused-ring (bicyclic) bond motifs is 1. The second-order valence-corrected chi connectivity index (χ2v) is 10.4. The Morgan fingerprint density at radius 3 is 2.88 bits per heavy atom. The Morgan fingerprint density at radius 2 is 2.06 bits per heavy atom. The number of aromatic nitrogens is 2. The number of nitrogens with zero attached hydrogens (tertiary/aromatic N) is 3. The molecule has 0 bridgehead atoms. The van der Waals surface area contributed by atoms with Gasteiger partial charge in [-0.1, -0.05) is 12.8 Å². The fourth-order valence-electron chi connectivity index (χ4n) is 5.30. The van der Waals surface area contributed by atoms with Crippen molar-refractivity contribution in [1.29, 1.82) is 0 Å². The van der Waals surface area contributed by atoms with Crippen LogP contribution in [0.2, 0.25) is 0 Å². The van der Waals surface area contributed by atoms with E-state index in [4.69, 9.17) is 16.3 Å². The molecule has 5 atom stereocenters. The van der Waals surface area contributed by atoms with Crippen LogP contribution in [0.25, 0.3) is 10.4 Å². The summed E-state index contributed by atoms with van der Waals surface area (Å²) >= 11 is 7.82. The van der Waals surface area contributed by atoms with Crippen LogP contribution in [0.15, 0.2) is 30.6 Å². The van der Waals surface area contributed by atoms with Crippen LogP contribution in [0.5, 0.6) is 0 Å². The number of hydrogen-bond donors (Lipinski definition) is 1. The highest BCUT2D eigenvalue weighted by atomic mass is 35.5. The number of thiophene rings is 1. The van der Waals surface area contributed by atoms with Crippen molar-refractivity contribution in [2.75, 3.05) is 19.7 Å². The van der Waals surface area contributed by atoms with Crippen LogP contribution >= 0.6 is 22.9 Å². The molecule has 1 N–H and O–H groups in total. The normalized spacial score (nSPS) is 29.7. The first-order valence-corrected chi connectivity index (χ1v) is 12.5. The number of likely N-dealkylation sites (tertiary alicyclic amines) is 1. The minimum Gasteiger partial charge on any atom is -0.367 e. The summed E-state index contributed by atoms with van der Waals surface area (Å²) < 4.78 is 5.61. The molecule has 5 rings (SSSR count). The van der Waals surface area contributed by atoms with Gasteiger partial charge < -0.3 is 10.1 Å². The van der Waals surface area contributed by atoms with Gasteiger partial charge in [-0.3, -0.25) is 19.3 Å². The van der Waals surface area contributed by atoms with Crippen LogP contribution in [0.1, 0.15) is 35.4 Å². The van der Waals surface area contributed by atoms with Crippen molar-refractivity contribution in [1.82, 2.24) is 20.4 Å². The lowest BCUT2D eigenvalue weighted by Crippen LogP contribution is -2.52. The Kier molecular flexibility index (Phi) is 6.56. The van der Waals surface area contributed by atoms with Crippen LogP contribution in [-0.4, -0.2) is 75.8 Å². The van der Waals surface area contributed by atoms with Crippen LogP contribution in [0, 0.1) is 5.92 Å². The SMILES string of the molecule is O=C(NCC(=O)[C@H]1CCCCC1N1C[C@H](Cl)[C@H]2OCC(=O)[C@H]21)c1ccc(-c2ccnnc2)s1. The molecule has 0 aromatic carbocycles. The summed E-state index contributed by atoms with van der Waals surface area (Å²) in [6.45, 7) is 0.612. The maximum atomic E-state index is 13.2. The molecule has 1 saturated carbocycles. The molecule has 0 spiro atoms. The monoisotopic (exact) mass is 488 g/mol. The van der Waals surface area contributed by atoms with Gasteiger partial charge in [0.1, 0.15) is 6.61 Å². The highest BCUT2D eigenvalue weighted by Gasteiger charge is 2.53. The lowest BCUT2D eigenvalue weighted by Gasteiger charge is -2.39. The van der Waals surface area contributed by atoms with E-state index in [1.54, 1.807) is 18.5 Å². The molecule has 2 aliphatic heterocycles. The summed E-state index contributed by atoms with van der Waals surface area (Å²) in [5.41, 5.74) is 0.891. The quantitative estimate of drug-likeness (QED) is 0.622. The molecule has 2 aromatic heterocycles. The third-order valence-corrected chi connectivity index (χ3v) is 8.37. The van der Waals surface area contributed by atoms with Gasteiger partial charge in [0.05, 0.1) is 41.3 Å². The zero-order valence-corrected chi connectivity index (χ0v) is 19.6. The second-order valence-electron chi connectivity index (χ2n) is 8.80. The standard InChI is InChI=1S/C23H25ClN4O4S/c24-15-11-28(21-18(30)12-32-22(15)21)16-4-2-1-3-14(16)17(29)10-25-23(31)20-6-5-19(33-20)13-7-8-26-27-9-13/h5-9,14-16,21-22H,1-4,10-12H2,(H,25,31)/t14-,15-,16?,21+,22+/m0/s1. The molecule has 2 aromatic rings. The largest absolute Gasteiger partial charge is 0.367 e. The molecule has 0 radical (unpaired) electrons. The average molecular weight is 489 g/mol. The summed E-state index contributed by atoms with van der Waals surface area (Å²) in [5.74, 6) is -0.442. The van der Waals surface area contributed by atoms with Crippen LogP contribution in [0.4, 0.5) is 0 Å². The van der Waals surface area contributed by atoms with E-state index in [1.807, 2.05) is 12.1 Å². The number of halogens is 1. The van der Waals surface area contributed by atoms with Crippen LogP contribution in [0.3, 0.4) is 0 Å². The Hall–Kier alpha value is -2.20. The molecule has 8 nitrogen and oxygen atoms in total. The predicted molar refractivity (Wildman–Crippen MR) is 123 cm³/mol.